The van der Waals surface area contributed by atoms with Gasteiger partial charge in [0.2, 0.25) is 0 Å². The molecule has 3 aliphatic heterocycles. The molecule has 2 atom stereocenters. The second kappa shape index (κ2) is 17.3. The van der Waals surface area contributed by atoms with Gasteiger partial charge >= 0.3 is 0 Å². The molecule has 4 aliphatic rings. The normalized spacial score (nSPS) is 20.7. The number of H-pyrrole nitrogens is 1. The molecule has 9 rings (SSSR count). The number of rotatable bonds is 13. The van der Waals surface area contributed by atoms with Crippen LogP contribution in [-0.4, -0.2) is 97.2 Å². The van der Waals surface area contributed by atoms with Crippen molar-refractivity contribution in [1.29, 1.82) is 0 Å². The molecule has 5 aromatic rings. The van der Waals surface area contributed by atoms with Crippen molar-refractivity contribution in [1.82, 2.24) is 24.6 Å². The number of aromatic nitrogens is 3. The summed E-state index contributed by atoms with van der Waals surface area (Å²) in [4.78, 5) is 41.7. The number of anilines is 2. The summed E-state index contributed by atoms with van der Waals surface area (Å²) in [7, 11) is -4.61. The smallest absolute Gasteiger partial charge is 0.293 e. The molecule has 6 heterocycles. The fraction of sp³-hybridized carbons (Fsp3) is 0.444. The first kappa shape index (κ1) is 41.7. The number of amides is 1. The zero-order chi connectivity index (χ0) is 43.0. The Balaban J connectivity index is 0.903. The molecule has 62 heavy (non-hydrogen) atoms. The molecule has 0 unspecified atom stereocenters. The monoisotopic (exact) mass is 864 g/mol. The highest BCUT2D eigenvalue weighted by molar-refractivity contribution is 7.90. The van der Waals surface area contributed by atoms with E-state index in [-0.39, 0.29) is 35.2 Å². The zero-order valence-corrected chi connectivity index (χ0v) is 35.7. The van der Waals surface area contributed by atoms with Gasteiger partial charge in [0.1, 0.15) is 17.1 Å². The van der Waals surface area contributed by atoms with Gasteiger partial charge in [0.25, 0.3) is 21.6 Å². The fourth-order valence-corrected chi connectivity index (χ4v) is 10.7. The van der Waals surface area contributed by atoms with Crippen LogP contribution in [-0.2, 0) is 19.5 Å². The number of aromatic amines is 1. The van der Waals surface area contributed by atoms with Crippen molar-refractivity contribution < 1.29 is 32.3 Å². The van der Waals surface area contributed by atoms with Crippen molar-refractivity contribution in [2.45, 2.75) is 81.4 Å². The van der Waals surface area contributed by atoms with Crippen LogP contribution in [0, 0.1) is 15.5 Å². The molecule has 3 N–H and O–H groups in total. The number of sulfonamides is 1. The van der Waals surface area contributed by atoms with E-state index >= 15 is 0 Å². The van der Waals surface area contributed by atoms with Crippen LogP contribution in [0.2, 0.25) is 0 Å². The number of likely N-dealkylation sites (tertiary alicyclic amines) is 1. The summed E-state index contributed by atoms with van der Waals surface area (Å²) in [5.74, 6) is -0.206. The first-order valence-electron chi connectivity index (χ1n) is 21.4. The maximum Gasteiger partial charge on any atom is 0.293 e. The van der Waals surface area contributed by atoms with Crippen molar-refractivity contribution >= 4 is 44.0 Å². The van der Waals surface area contributed by atoms with E-state index in [0.717, 1.165) is 49.6 Å². The van der Waals surface area contributed by atoms with E-state index in [1.54, 1.807) is 24.5 Å². The van der Waals surface area contributed by atoms with Crippen molar-refractivity contribution in [2.75, 3.05) is 56.2 Å². The van der Waals surface area contributed by atoms with Crippen LogP contribution in [0.5, 0.6) is 11.5 Å². The molecule has 1 amide bonds. The molecular weight excluding hydrogens is 813 g/mol. The second-order valence-electron chi connectivity index (χ2n) is 17.3. The zero-order valence-electron chi connectivity index (χ0n) is 34.9. The minimum absolute atomic E-state index is 0.0390. The first-order chi connectivity index (χ1) is 29.9. The highest BCUT2D eigenvalue weighted by Gasteiger charge is 2.50. The quantitative estimate of drug-likeness (QED) is 0.0789. The van der Waals surface area contributed by atoms with Gasteiger partial charge in [-0.25, -0.2) is 23.1 Å². The Morgan fingerprint density at radius 2 is 1.87 bits per heavy atom. The summed E-state index contributed by atoms with van der Waals surface area (Å²) in [6, 6.07) is 18.7. The number of pyridine rings is 2. The van der Waals surface area contributed by atoms with Gasteiger partial charge in [0.05, 0.1) is 53.8 Å². The third kappa shape index (κ3) is 8.58. The Morgan fingerprint density at radius 3 is 2.65 bits per heavy atom. The molecule has 4 fully saturated rings. The van der Waals surface area contributed by atoms with Crippen molar-refractivity contribution in [3.63, 3.8) is 0 Å². The topological polar surface area (TPSA) is 194 Å². The van der Waals surface area contributed by atoms with Gasteiger partial charge in [-0.1, -0.05) is 38.1 Å². The van der Waals surface area contributed by atoms with Gasteiger partial charge in [-0.2, -0.15) is 0 Å². The Bertz CT molecular complexity index is 2560. The van der Waals surface area contributed by atoms with E-state index in [1.807, 2.05) is 6.07 Å². The minimum atomic E-state index is -4.61. The van der Waals surface area contributed by atoms with E-state index in [0.29, 0.717) is 49.2 Å². The Morgan fingerprint density at radius 1 is 1.05 bits per heavy atom. The Kier molecular flexibility index (Phi) is 11.6. The molecule has 17 heteroatoms. The van der Waals surface area contributed by atoms with Gasteiger partial charge in [-0.15, -0.1) is 0 Å². The van der Waals surface area contributed by atoms with Gasteiger partial charge < -0.3 is 29.4 Å². The SMILES string of the molecule is CC(C)c1ccccc1[C@@H]1CCCN1C1CC2(CCN(c3cnc(C(=O)NS(=O)(=O)c4ccc(NC[C@H]5COCCO5)c([N+](=O)[O-])c4)c(Oc4cnc5[nH]ccc5c4)c3)CC2)C1. The van der Waals surface area contributed by atoms with Crippen LogP contribution in [0.3, 0.4) is 0 Å². The standard InChI is InChI=1S/C45H52N8O8S/c1-29(2)36-6-3-4-7-37(36)39-8-5-15-52(39)32-23-45(24-32)12-16-51(17-13-45)31-21-41(61-33-20-30-11-14-46-43(30)49-26-33)42(48-25-31)44(54)50-62(57,58)35-9-10-38(40(22-35)53(55)56)47-27-34-28-59-18-19-60-34/h3-4,6-7,9-11,14,20-22,25-26,29,32,34,39,47H,5,8,12-13,15-19,23-24,27-28H2,1-2H3,(H,46,49)(H,50,54)/t34-,39-/m0/s1. The lowest BCUT2D eigenvalue weighted by Gasteiger charge is -2.56. The van der Waals surface area contributed by atoms with Crippen molar-refractivity contribution in [3.05, 3.63) is 106 Å². The van der Waals surface area contributed by atoms with Crippen LogP contribution >= 0.6 is 0 Å². The fourth-order valence-electron chi connectivity index (χ4n) is 9.77. The second-order valence-corrected chi connectivity index (χ2v) is 19.0. The van der Waals surface area contributed by atoms with Crippen molar-refractivity contribution in [3.8, 4) is 11.5 Å². The number of hydrogen-bond acceptors (Lipinski definition) is 13. The third-order valence-electron chi connectivity index (χ3n) is 13.0. The molecule has 326 valence electrons. The van der Waals surface area contributed by atoms with Gasteiger partial charge in [0, 0.05) is 55.4 Å². The number of benzene rings is 2. The van der Waals surface area contributed by atoms with Crippen LogP contribution in [0.4, 0.5) is 17.1 Å². The number of ether oxygens (including phenoxy) is 3. The van der Waals surface area contributed by atoms with Crippen LogP contribution in [0.25, 0.3) is 11.0 Å². The third-order valence-corrected chi connectivity index (χ3v) is 14.4. The molecule has 1 aliphatic carbocycles. The number of nitrogens with one attached hydrogen (secondary N) is 3. The number of carbonyl (C=O) groups excluding carboxylic acids is 1. The lowest BCUT2D eigenvalue weighted by atomic mass is 9.59. The summed E-state index contributed by atoms with van der Waals surface area (Å²) < 4.78 is 46.6. The number of nitro benzene ring substituents is 1. The largest absolute Gasteiger partial charge is 0.453 e. The first-order valence-corrected chi connectivity index (χ1v) is 22.9. The molecule has 3 aromatic heterocycles. The summed E-state index contributed by atoms with van der Waals surface area (Å²) in [6.45, 7) is 8.72. The van der Waals surface area contributed by atoms with E-state index in [9.17, 15) is 23.3 Å². The molecule has 0 bridgehead atoms. The minimum Gasteiger partial charge on any atom is -0.453 e. The van der Waals surface area contributed by atoms with E-state index in [4.69, 9.17) is 14.2 Å². The number of nitrogens with zero attached hydrogens (tertiary/aromatic N) is 5. The average Bonchev–Trinajstić information content (AvgIpc) is 3.95. The summed E-state index contributed by atoms with van der Waals surface area (Å²) in [5, 5.41) is 15.8. The predicted octanol–water partition coefficient (Wildman–Crippen LogP) is 7.31. The Hall–Kier alpha value is -5.62. The summed E-state index contributed by atoms with van der Waals surface area (Å²) in [6.07, 6.45) is 11.4. The van der Waals surface area contributed by atoms with E-state index < -0.39 is 31.4 Å². The number of nitro groups is 1. The summed E-state index contributed by atoms with van der Waals surface area (Å²) in [5.41, 5.74) is 3.97. The van der Waals surface area contributed by atoms with Gasteiger partial charge in [-0.3, -0.25) is 19.8 Å². The molecule has 2 aromatic carbocycles. The van der Waals surface area contributed by atoms with Crippen LogP contribution < -0.4 is 19.7 Å². The molecule has 3 saturated heterocycles. The lowest BCUT2D eigenvalue weighted by molar-refractivity contribution is -0.384. The summed E-state index contributed by atoms with van der Waals surface area (Å²) >= 11 is 0. The molecule has 16 nitrogen and oxygen atoms in total. The van der Waals surface area contributed by atoms with Gasteiger partial charge in [-0.05, 0) is 91.8 Å². The number of fused-ring (bicyclic) bond motifs is 1. The van der Waals surface area contributed by atoms with Crippen LogP contribution in [0.15, 0.2) is 84.1 Å². The van der Waals surface area contributed by atoms with Crippen molar-refractivity contribution in [2.24, 2.45) is 5.41 Å². The predicted molar refractivity (Wildman–Crippen MR) is 233 cm³/mol. The average molecular weight is 865 g/mol. The van der Waals surface area contributed by atoms with E-state index in [2.05, 4.69) is 72.9 Å². The van der Waals surface area contributed by atoms with E-state index in [1.165, 1.54) is 55.1 Å². The highest BCUT2D eigenvalue weighted by Crippen LogP contribution is 2.54. The van der Waals surface area contributed by atoms with Crippen LogP contribution in [0.1, 0.15) is 85.9 Å². The number of carbonyl (C=O) groups is 1. The molecule has 1 saturated carbocycles. The number of piperidine rings is 1. The maximum atomic E-state index is 13.9. The maximum absolute atomic E-state index is 13.9. The highest BCUT2D eigenvalue weighted by atomic mass is 32.2. The molecular formula is C45H52N8O8S. The molecule has 0 radical (unpaired) electrons. The van der Waals surface area contributed by atoms with Gasteiger partial charge in [0.15, 0.2) is 11.4 Å². The Labute approximate surface area is 360 Å². The molecule has 1 spiro atoms. The lowest BCUT2D eigenvalue weighted by Crippen LogP contribution is -2.55. The number of hydrogen-bond donors (Lipinski definition) is 3.